The van der Waals surface area contributed by atoms with Gasteiger partial charge in [-0.1, -0.05) is 12.8 Å². The Morgan fingerprint density at radius 1 is 1.20 bits per heavy atom. The van der Waals surface area contributed by atoms with E-state index in [1.165, 1.54) is 25.5 Å². The molecule has 0 saturated heterocycles. The lowest BCUT2D eigenvalue weighted by Gasteiger charge is -2.56. The first kappa shape index (κ1) is 21.8. The summed E-state index contributed by atoms with van der Waals surface area (Å²) >= 11 is 5.60. The molecule has 8 unspecified atom stereocenters. The van der Waals surface area contributed by atoms with Crippen molar-refractivity contribution in [2.45, 2.75) is 70.3 Å². The van der Waals surface area contributed by atoms with E-state index in [1.54, 1.807) is 0 Å². The third-order valence-electron chi connectivity index (χ3n) is 9.17. The zero-order valence-corrected chi connectivity index (χ0v) is 18.6. The minimum absolute atomic E-state index is 0.109. The molecule has 8 atom stereocenters. The van der Waals surface area contributed by atoms with E-state index >= 15 is 0 Å². The Kier molecular flexibility index (Phi) is 6.28. The molecule has 5 nitrogen and oxygen atoms in total. The first-order chi connectivity index (χ1) is 14.4. The van der Waals surface area contributed by atoms with E-state index in [-0.39, 0.29) is 23.7 Å². The number of rotatable bonds is 5. The molecule has 6 heteroatoms. The molecule has 0 radical (unpaired) electrons. The van der Waals surface area contributed by atoms with E-state index in [2.05, 4.69) is 28.8 Å². The van der Waals surface area contributed by atoms with Crippen LogP contribution < -0.4 is 5.43 Å². The summed E-state index contributed by atoms with van der Waals surface area (Å²) in [6.07, 6.45) is 11.9. The minimum Gasteiger partial charge on any atom is -0.378 e. The average molecular weight is 432 g/mol. The first-order valence-electron chi connectivity index (χ1n) is 11.5. The van der Waals surface area contributed by atoms with Gasteiger partial charge in [-0.3, -0.25) is 4.79 Å². The number of nitrogens with zero attached hydrogens (tertiary/aromatic N) is 1. The van der Waals surface area contributed by atoms with Gasteiger partial charge in [-0.15, -0.1) is 0 Å². The standard InChI is InChI=1S/C24H34ClN3O2/c1-23-8-6-18-17-7-9-24(30,10-11-25)14-16(17)2-3-19(18)20(23)4-5-21(23)22(29)15-28-27-13-12-26/h12-13,16-21,26,28,30H,2-9,14-15H2,1H3/b26-12?,27-13-. The zero-order chi connectivity index (χ0) is 21.4. The van der Waals surface area contributed by atoms with Gasteiger partial charge >= 0.3 is 0 Å². The summed E-state index contributed by atoms with van der Waals surface area (Å²) in [7, 11) is 0. The normalized spacial score (nSPS) is 44.9. The highest BCUT2D eigenvalue weighted by atomic mass is 35.5. The molecule has 4 aliphatic carbocycles. The molecule has 3 N–H and O–H groups in total. The molecule has 30 heavy (non-hydrogen) atoms. The number of Topliss-reactive ketones (excluding diaryl/α,β-unsaturated/α-hetero) is 1. The van der Waals surface area contributed by atoms with Gasteiger partial charge in [0, 0.05) is 17.5 Å². The van der Waals surface area contributed by atoms with Crippen LogP contribution in [0.2, 0.25) is 0 Å². The number of hydrazone groups is 1. The number of fused-ring (bicyclic) bond motifs is 5. The van der Waals surface area contributed by atoms with Crippen molar-refractivity contribution in [1.29, 1.82) is 5.41 Å². The van der Waals surface area contributed by atoms with Crippen LogP contribution in [-0.2, 0) is 4.79 Å². The number of halogens is 1. The van der Waals surface area contributed by atoms with Crippen LogP contribution in [0.15, 0.2) is 5.10 Å². The topological polar surface area (TPSA) is 85.5 Å². The summed E-state index contributed by atoms with van der Waals surface area (Å²) in [5, 5.41) is 24.1. The fourth-order valence-electron chi connectivity index (χ4n) is 7.95. The van der Waals surface area contributed by atoms with Gasteiger partial charge in [-0.2, -0.15) is 5.10 Å². The maximum Gasteiger partial charge on any atom is 0.157 e. The van der Waals surface area contributed by atoms with Crippen molar-refractivity contribution in [2.75, 3.05) is 6.54 Å². The molecular weight excluding hydrogens is 398 g/mol. The predicted molar refractivity (Wildman–Crippen MR) is 119 cm³/mol. The van der Waals surface area contributed by atoms with Gasteiger partial charge in [0.2, 0.25) is 0 Å². The van der Waals surface area contributed by atoms with E-state index < -0.39 is 5.60 Å². The van der Waals surface area contributed by atoms with Crippen LogP contribution in [0.25, 0.3) is 0 Å². The monoisotopic (exact) mass is 431 g/mol. The largest absolute Gasteiger partial charge is 0.378 e. The highest BCUT2D eigenvalue weighted by Crippen LogP contribution is 2.64. The summed E-state index contributed by atoms with van der Waals surface area (Å²) < 4.78 is 0. The van der Waals surface area contributed by atoms with Crippen LogP contribution in [0.5, 0.6) is 0 Å². The second-order valence-electron chi connectivity index (χ2n) is 10.3. The maximum atomic E-state index is 12.9. The SMILES string of the molecule is CC12CCC3C4CCC(O)(C#CCl)CC4CCC3C1CCC2C(=O)CN/N=C\C=N. The molecule has 0 aromatic carbocycles. The van der Waals surface area contributed by atoms with Crippen LogP contribution in [-0.4, -0.2) is 35.5 Å². The van der Waals surface area contributed by atoms with Crippen molar-refractivity contribution in [2.24, 2.45) is 46.0 Å². The van der Waals surface area contributed by atoms with Crippen LogP contribution in [0, 0.1) is 57.6 Å². The van der Waals surface area contributed by atoms with E-state index in [0.29, 0.717) is 17.8 Å². The third kappa shape index (κ3) is 3.82. The molecule has 164 valence electrons. The quantitative estimate of drug-likeness (QED) is 0.349. The summed E-state index contributed by atoms with van der Waals surface area (Å²) in [5.74, 6) is 6.60. The number of carbonyl (C=O) groups excluding carboxylic acids is 1. The second-order valence-corrected chi connectivity index (χ2v) is 10.5. The summed E-state index contributed by atoms with van der Waals surface area (Å²) in [5.41, 5.74) is 2.03. The number of ketones is 1. The highest BCUT2D eigenvalue weighted by molar-refractivity contribution is 6.30. The molecule has 0 aliphatic heterocycles. The Labute approximate surface area is 184 Å². The lowest BCUT2D eigenvalue weighted by Crippen LogP contribution is -2.51. The Bertz CT molecular complexity index is 774. The van der Waals surface area contributed by atoms with Crippen molar-refractivity contribution in [3.63, 3.8) is 0 Å². The smallest absolute Gasteiger partial charge is 0.157 e. The Morgan fingerprint density at radius 2 is 2.00 bits per heavy atom. The van der Waals surface area contributed by atoms with Gasteiger partial charge in [0.1, 0.15) is 5.60 Å². The molecule has 0 amide bonds. The van der Waals surface area contributed by atoms with Gasteiger partial charge in [-0.05, 0) is 104 Å². The molecule has 0 spiro atoms. The van der Waals surface area contributed by atoms with Crippen molar-refractivity contribution in [1.82, 2.24) is 5.43 Å². The van der Waals surface area contributed by atoms with Crippen molar-refractivity contribution >= 4 is 29.8 Å². The van der Waals surface area contributed by atoms with Crippen LogP contribution >= 0.6 is 11.6 Å². The summed E-state index contributed by atoms with van der Waals surface area (Å²) in [6.45, 7) is 2.63. The number of nitrogens with one attached hydrogen (secondary N) is 2. The highest BCUT2D eigenvalue weighted by Gasteiger charge is 2.58. The zero-order valence-electron chi connectivity index (χ0n) is 17.9. The van der Waals surface area contributed by atoms with E-state index in [4.69, 9.17) is 17.0 Å². The van der Waals surface area contributed by atoms with Crippen molar-refractivity contribution in [3.8, 4) is 11.3 Å². The lowest BCUT2D eigenvalue weighted by molar-refractivity contribution is -0.130. The molecule has 4 saturated carbocycles. The lowest BCUT2D eigenvalue weighted by atomic mass is 9.49. The molecule has 4 aliphatic rings. The Hall–Kier alpha value is -1.38. The van der Waals surface area contributed by atoms with Gasteiger partial charge in [-0.25, -0.2) is 0 Å². The number of aliphatic hydroxyl groups is 1. The molecule has 0 bridgehead atoms. The number of carbonyl (C=O) groups is 1. The van der Waals surface area contributed by atoms with E-state index in [0.717, 1.165) is 56.6 Å². The van der Waals surface area contributed by atoms with Gasteiger partial charge < -0.3 is 15.9 Å². The van der Waals surface area contributed by atoms with Gasteiger partial charge in [0.15, 0.2) is 5.78 Å². The average Bonchev–Trinajstić information content (AvgIpc) is 3.08. The fraction of sp³-hybridized carbons (Fsp3) is 0.792. The van der Waals surface area contributed by atoms with Crippen LogP contribution in [0.4, 0.5) is 0 Å². The Balaban J connectivity index is 1.44. The molecule has 4 fully saturated rings. The maximum absolute atomic E-state index is 12.9. The first-order valence-corrected chi connectivity index (χ1v) is 11.9. The number of hydrogen-bond donors (Lipinski definition) is 3. The van der Waals surface area contributed by atoms with E-state index in [1.807, 2.05) is 0 Å². The van der Waals surface area contributed by atoms with Crippen LogP contribution in [0.1, 0.15) is 64.7 Å². The molecule has 0 heterocycles. The fourth-order valence-corrected chi connectivity index (χ4v) is 8.12. The predicted octanol–water partition coefficient (Wildman–Crippen LogP) is 3.98. The minimum atomic E-state index is -0.892. The Morgan fingerprint density at radius 3 is 2.77 bits per heavy atom. The molecule has 0 aromatic heterocycles. The van der Waals surface area contributed by atoms with Crippen LogP contribution in [0.3, 0.4) is 0 Å². The third-order valence-corrected chi connectivity index (χ3v) is 9.27. The van der Waals surface area contributed by atoms with Crippen molar-refractivity contribution in [3.05, 3.63) is 0 Å². The summed E-state index contributed by atoms with van der Waals surface area (Å²) in [4.78, 5) is 12.9. The van der Waals surface area contributed by atoms with E-state index in [9.17, 15) is 9.90 Å². The second kappa shape index (κ2) is 8.63. The molecule has 0 aromatic rings. The molecule has 4 rings (SSSR count). The van der Waals surface area contributed by atoms with Gasteiger partial charge in [0.25, 0.3) is 0 Å². The van der Waals surface area contributed by atoms with Gasteiger partial charge in [0.05, 0.1) is 12.8 Å². The van der Waals surface area contributed by atoms with Crippen molar-refractivity contribution < 1.29 is 9.90 Å². The summed E-state index contributed by atoms with van der Waals surface area (Å²) in [6, 6.07) is 0. The number of hydrogen-bond acceptors (Lipinski definition) is 5. The molecular formula is C24H34ClN3O2.